The molecule has 2 aliphatic rings. The standard InChI is InChI=1S/C22H26N6O3S/c23-22(30)27-18-12-17(32-20(18)21(29)26-16-2-1-7-24-14-16)5-3-15-4-6-19(25-13-15)28-8-10-31-11-9-28/h4,6,12-13,16,24H,1-2,7-11,14H2,(H,26,29)(H3,23,27,30)/t16-/m0/s1. The molecule has 2 saturated heterocycles. The van der Waals surface area contributed by atoms with Crippen molar-refractivity contribution in [3.05, 3.63) is 39.7 Å². The van der Waals surface area contributed by atoms with E-state index in [-0.39, 0.29) is 11.9 Å². The van der Waals surface area contributed by atoms with Crippen molar-refractivity contribution in [1.29, 1.82) is 0 Å². The summed E-state index contributed by atoms with van der Waals surface area (Å²) in [7, 11) is 0. The lowest BCUT2D eigenvalue weighted by molar-refractivity contribution is 0.0935. The largest absolute Gasteiger partial charge is 0.378 e. The lowest BCUT2D eigenvalue weighted by Gasteiger charge is -2.27. The Morgan fingerprint density at radius 2 is 2.12 bits per heavy atom. The average molecular weight is 455 g/mol. The minimum atomic E-state index is -0.724. The molecule has 0 unspecified atom stereocenters. The molecule has 2 fully saturated rings. The number of nitrogens with one attached hydrogen (secondary N) is 3. The number of ether oxygens (including phenoxy) is 1. The van der Waals surface area contributed by atoms with Crippen LogP contribution in [0.15, 0.2) is 24.4 Å². The number of carbonyl (C=O) groups excluding carboxylic acids is 2. The van der Waals surface area contributed by atoms with Crippen LogP contribution in [-0.2, 0) is 4.74 Å². The molecule has 168 valence electrons. The molecule has 0 aromatic carbocycles. The lowest BCUT2D eigenvalue weighted by atomic mass is 10.1. The Morgan fingerprint density at radius 1 is 1.28 bits per heavy atom. The number of nitrogens with two attached hydrogens (primary N) is 1. The van der Waals surface area contributed by atoms with Gasteiger partial charge in [-0.3, -0.25) is 4.79 Å². The van der Waals surface area contributed by atoms with E-state index in [1.165, 1.54) is 11.3 Å². The van der Waals surface area contributed by atoms with E-state index in [0.29, 0.717) is 28.7 Å². The fourth-order valence-electron chi connectivity index (χ4n) is 3.65. The van der Waals surface area contributed by atoms with Gasteiger partial charge in [0.05, 0.1) is 23.8 Å². The molecule has 0 bridgehead atoms. The monoisotopic (exact) mass is 454 g/mol. The van der Waals surface area contributed by atoms with E-state index in [9.17, 15) is 9.59 Å². The number of piperidine rings is 1. The quantitative estimate of drug-likeness (QED) is 0.518. The Bertz CT molecular complexity index is 1010. The highest BCUT2D eigenvalue weighted by Crippen LogP contribution is 2.27. The van der Waals surface area contributed by atoms with Crippen molar-refractivity contribution in [2.45, 2.75) is 18.9 Å². The third-order valence-corrected chi connectivity index (χ3v) is 6.29. The highest BCUT2D eigenvalue weighted by atomic mass is 32.1. The van der Waals surface area contributed by atoms with E-state index in [4.69, 9.17) is 10.5 Å². The maximum atomic E-state index is 12.8. The van der Waals surface area contributed by atoms with Crippen LogP contribution in [0, 0.1) is 11.8 Å². The summed E-state index contributed by atoms with van der Waals surface area (Å²) < 4.78 is 5.37. The normalized spacial score (nSPS) is 18.4. The van der Waals surface area contributed by atoms with Gasteiger partial charge >= 0.3 is 6.03 Å². The summed E-state index contributed by atoms with van der Waals surface area (Å²) in [5.41, 5.74) is 6.42. The number of aromatic nitrogens is 1. The first-order chi connectivity index (χ1) is 15.6. The van der Waals surface area contributed by atoms with Crippen LogP contribution in [0.25, 0.3) is 0 Å². The van der Waals surface area contributed by atoms with Gasteiger partial charge in [-0.15, -0.1) is 11.3 Å². The van der Waals surface area contributed by atoms with Crippen LogP contribution >= 0.6 is 11.3 Å². The molecule has 1 atom stereocenters. The Labute approximate surface area is 190 Å². The average Bonchev–Trinajstić information content (AvgIpc) is 3.21. The van der Waals surface area contributed by atoms with Crippen LogP contribution in [0.3, 0.4) is 0 Å². The van der Waals surface area contributed by atoms with Crippen molar-refractivity contribution in [2.24, 2.45) is 5.73 Å². The first-order valence-corrected chi connectivity index (χ1v) is 11.4. The molecule has 0 radical (unpaired) electrons. The van der Waals surface area contributed by atoms with Crippen LogP contribution in [0.5, 0.6) is 0 Å². The summed E-state index contributed by atoms with van der Waals surface area (Å²) in [5.74, 6) is 6.80. The number of amides is 3. The van der Waals surface area contributed by atoms with Gasteiger partial charge in [0.2, 0.25) is 0 Å². The Kier molecular flexibility index (Phi) is 7.21. The van der Waals surface area contributed by atoms with Crippen LogP contribution in [0.2, 0.25) is 0 Å². The molecule has 4 heterocycles. The van der Waals surface area contributed by atoms with Crippen molar-refractivity contribution in [2.75, 3.05) is 49.6 Å². The number of hydrogen-bond donors (Lipinski definition) is 4. The summed E-state index contributed by atoms with van der Waals surface area (Å²) in [5, 5.41) is 8.82. The molecule has 4 rings (SSSR count). The molecule has 2 aliphatic heterocycles. The van der Waals surface area contributed by atoms with Gasteiger partial charge < -0.3 is 31.3 Å². The molecule has 0 aliphatic carbocycles. The van der Waals surface area contributed by atoms with E-state index in [1.807, 2.05) is 12.1 Å². The maximum absolute atomic E-state index is 12.8. The van der Waals surface area contributed by atoms with Gasteiger partial charge in [-0.1, -0.05) is 11.8 Å². The SMILES string of the molecule is NC(=O)Nc1cc(C#Cc2ccc(N3CCOCC3)nc2)sc1C(=O)N[C@H]1CCCNC1. The van der Waals surface area contributed by atoms with Gasteiger partial charge in [0.15, 0.2) is 0 Å². The predicted octanol–water partition coefficient (Wildman–Crippen LogP) is 1.35. The molecule has 10 heteroatoms. The third-order valence-electron chi connectivity index (χ3n) is 5.24. The number of rotatable bonds is 4. The van der Waals surface area contributed by atoms with E-state index < -0.39 is 6.03 Å². The number of urea groups is 1. The number of thiophene rings is 1. The Balaban J connectivity index is 1.48. The number of morpholine rings is 1. The van der Waals surface area contributed by atoms with E-state index in [2.05, 4.69) is 37.7 Å². The van der Waals surface area contributed by atoms with Crippen molar-refractivity contribution in [3.8, 4) is 11.8 Å². The lowest BCUT2D eigenvalue weighted by Crippen LogP contribution is -2.45. The summed E-state index contributed by atoms with van der Waals surface area (Å²) in [6.45, 7) is 4.75. The molecule has 5 N–H and O–H groups in total. The number of pyridine rings is 1. The first kappa shape index (κ1) is 22.1. The number of primary amides is 1. The smallest absolute Gasteiger partial charge is 0.316 e. The fourth-order valence-corrected chi connectivity index (χ4v) is 4.52. The second kappa shape index (κ2) is 10.5. The zero-order chi connectivity index (χ0) is 22.3. The highest BCUT2D eigenvalue weighted by Gasteiger charge is 2.21. The van der Waals surface area contributed by atoms with E-state index in [0.717, 1.165) is 50.4 Å². The van der Waals surface area contributed by atoms with Gasteiger partial charge in [-0.05, 0) is 37.6 Å². The van der Waals surface area contributed by atoms with Gasteiger partial charge in [-0.25, -0.2) is 9.78 Å². The second-order valence-corrected chi connectivity index (χ2v) is 8.67. The topological polar surface area (TPSA) is 122 Å². The van der Waals surface area contributed by atoms with Gasteiger partial charge in [0.1, 0.15) is 10.7 Å². The van der Waals surface area contributed by atoms with Crippen molar-refractivity contribution in [1.82, 2.24) is 15.6 Å². The predicted molar refractivity (Wildman–Crippen MR) is 124 cm³/mol. The number of hydrogen-bond acceptors (Lipinski definition) is 7. The van der Waals surface area contributed by atoms with Crippen LogP contribution in [0.4, 0.5) is 16.3 Å². The van der Waals surface area contributed by atoms with Gasteiger partial charge in [0, 0.05) is 37.4 Å². The second-order valence-electron chi connectivity index (χ2n) is 7.61. The number of anilines is 2. The van der Waals surface area contributed by atoms with Crippen LogP contribution < -0.4 is 26.6 Å². The molecular formula is C22H26N6O3S. The first-order valence-electron chi connectivity index (χ1n) is 10.6. The van der Waals surface area contributed by atoms with Crippen molar-refractivity contribution >= 4 is 34.8 Å². The molecule has 32 heavy (non-hydrogen) atoms. The Hall–Kier alpha value is -3.13. The molecule has 9 nitrogen and oxygen atoms in total. The van der Waals surface area contributed by atoms with Gasteiger partial charge in [0.25, 0.3) is 5.91 Å². The van der Waals surface area contributed by atoms with Gasteiger partial charge in [-0.2, -0.15) is 0 Å². The minimum Gasteiger partial charge on any atom is -0.378 e. The summed E-state index contributed by atoms with van der Waals surface area (Å²) in [6.07, 6.45) is 3.66. The zero-order valence-electron chi connectivity index (χ0n) is 17.6. The summed E-state index contributed by atoms with van der Waals surface area (Å²) in [6, 6.07) is 4.88. The van der Waals surface area contributed by atoms with Crippen molar-refractivity contribution in [3.63, 3.8) is 0 Å². The van der Waals surface area contributed by atoms with E-state index >= 15 is 0 Å². The highest BCUT2D eigenvalue weighted by molar-refractivity contribution is 7.15. The van der Waals surface area contributed by atoms with Crippen LogP contribution in [-0.4, -0.2) is 62.4 Å². The van der Waals surface area contributed by atoms with E-state index in [1.54, 1.807) is 12.3 Å². The zero-order valence-corrected chi connectivity index (χ0v) is 18.5. The molecule has 2 aromatic heterocycles. The fraction of sp³-hybridized carbons (Fsp3) is 0.409. The third kappa shape index (κ3) is 5.76. The molecule has 3 amide bonds. The maximum Gasteiger partial charge on any atom is 0.316 e. The summed E-state index contributed by atoms with van der Waals surface area (Å²) >= 11 is 1.22. The number of nitrogens with zero attached hydrogens (tertiary/aromatic N) is 2. The molecule has 2 aromatic rings. The number of carbonyl (C=O) groups is 2. The summed E-state index contributed by atoms with van der Waals surface area (Å²) in [4.78, 5) is 31.9. The molecule has 0 spiro atoms. The molecular weight excluding hydrogens is 428 g/mol. The Morgan fingerprint density at radius 3 is 2.81 bits per heavy atom. The molecule has 0 saturated carbocycles. The minimum absolute atomic E-state index is 0.0605. The van der Waals surface area contributed by atoms with Crippen LogP contribution in [0.1, 0.15) is 33.0 Å². The van der Waals surface area contributed by atoms with Crippen molar-refractivity contribution < 1.29 is 14.3 Å².